The van der Waals surface area contributed by atoms with E-state index >= 15 is 0 Å². The maximum Gasteiger partial charge on any atom is 0.279 e. The van der Waals surface area contributed by atoms with Crippen molar-refractivity contribution in [2.75, 3.05) is 7.05 Å². The minimum atomic E-state index is 0.276. The van der Waals surface area contributed by atoms with E-state index in [1.807, 2.05) is 25.3 Å². The van der Waals surface area contributed by atoms with Gasteiger partial charge in [-0.15, -0.1) is 12.6 Å². The standard InChI is InChI=1S/C12H18N2S/c1-11(13-10-14(3)4)8-6-5-7-9-12(2)15/h5-7,9-11H,2-3,8H2,1,4H3/p+1/b6-5-,9-7-,13-10-. The number of thiol groups is 1. The van der Waals surface area contributed by atoms with Crippen LogP contribution in [0.1, 0.15) is 13.3 Å². The summed E-state index contributed by atoms with van der Waals surface area (Å²) in [6, 6.07) is 0.276. The Morgan fingerprint density at radius 2 is 2.20 bits per heavy atom. The topological polar surface area (TPSA) is 15.4 Å². The lowest BCUT2D eigenvalue weighted by molar-refractivity contribution is -0.349. The van der Waals surface area contributed by atoms with Crippen molar-refractivity contribution in [3.05, 3.63) is 35.8 Å². The van der Waals surface area contributed by atoms with Crippen molar-refractivity contribution in [2.24, 2.45) is 4.99 Å². The summed E-state index contributed by atoms with van der Waals surface area (Å²) >= 11 is 4.05. The van der Waals surface area contributed by atoms with E-state index in [2.05, 4.69) is 43.9 Å². The van der Waals surface area contributed by atoms with Crippen molar-refractivity contribution in [1.82, 2.24) is 0 Å². The monoisotopic (exact) mass is 223 g/mol. The molecule has 15 heavy (non-hydrogen) atoms. The summed E-state index contributed by atoms with van der Waals surface area (Å²) in [7, 11) is 1.85. The molecule has 1 unspecified atom stereocenters. The van der Waals surface area contributed by atoms with E-state index in [4.69, 9.17) is 0 Å². The SMILES string of the molecule is C=C(S)/C=C\C=C/CC(C)/N=C\[N+](=C)C. The number of rotatable bonds is 6. The summed E-state index contributed by atoms with van der Waals surface area (Å²) in [5, 5.41) is 0. The first kappa shape index (κ1) is 13.9. The van der Waals surface area contributed by atoms with Crippen LogP contribution in [0.25, 0.3) is 0 Å². The molecule has 0 N–H and O–H groups in total. The van der Waals surface area contributed by atoms with Gasteiger partial charge in [-0.2, -0.15) is 0 Å². The number of allylic oxidation sites excluding steroid dienone is 3. The van der Waals surface area contributed by atoms with Gasteiger partial charge in [0, 0.05) is 6.42 Å². The molecule has 0 aromatic carbocycles. The van der Waals surface area contributed by atoms with Crippen molar-refractivity contribution in [3.8, 4) is 0 Å². The van der Waals surface area contributed by atoms with E-state index in [9.17, 15) is 0 Å². The van der Waals surface area contributed by atoms with Gasteiger partial charge in [0.05, 0.1) is 13.8 Å². The molecule has 82 valence electrons. The van der Waals surface area contributed by atoms with Crippen LogP contribution in [0, 0.1) is 0 Å². The Bertz CT molecular complexity index is 301. The molecule has 0 aromatic heterocycles. The lowest BCUT2D eigenvalue weighted by Crippen LogP contribution is -2.02. The van der Waals surface area contributed by atoms with Crippen molar-refractivity contribution >= 4 is 25.7 Å². The first-order valence-electron chi connectivity index (χ1n) is 4.80. The van der Waals surface area contributed by atoms with Crippen LogP contribution < -0.4 is 0 Å². The summed E-state index contributed by atoms with van der Waals surface area (Å²) in [5.74, 6) is 0. The lowest BCUT2D eigenvalue weighted by Gasteiger charge is -1.92. The molecule has 0 spiro atoms. The zero-order chi connectivity index (χ0) is 11.7. The molecule has 0 aliphatic carbocycles. The van der Waals surface area contributed by atoms with Gasteiger partial charge in [0.2, 0.25) is 0 Å². The van der Waals surface area contributed by atoms with Gasteiger partial charge in [-0.3, -0.25) is 0 Å². The Kier molecular flexibility index (Phi) is 7.64. The fourth-order valence-electron chi connectivity index (χ4n) is 0.809. The maximum absolute atomic E-state index is 4.29. The Hall–Kier alpha value is -1.09. The summed E-state index contributed by atoms with van der Waals surface area (Å²) in [4.78, 5) is 5.04. The second-order valence-corrected chi connectivity index (χ2v) is 3.96. The third-order valence-corrected chi connectivity index (χ3v) is 1.68. The van der Waals surface area contributed by atoms with E-state index in [0.717, 1.165) is 11.3 Å². The van der Waals surface area contributed by atoms with Gasteiger partial charge in [0.15, 0.2) is 0 Å². The zero-order valence-corrected chi connectivity index (χ0v) is 10.3. The molecule has 0 fully saturated rings. The lowest BCUT2D eigenvalue weighted by atomic mass is 10.2. The molecule has 3 heteroatoms. The Morgan fingerprint density at radius 1 is 1.53 bits per heavy atom. The summed E-state index contributed by atoms with van der Waals surface area (Å²) in [5.41, 5.74) is 0. The van der Waals surface area contributed by atoms with Crippen molar-refractivity contribution in [3.63, 3.8) is 0 Å². The van der Waals surface area contributed by atoms with Gasteiger partial charge in [-0.05, 0) is 17.9 Å². The first-order valence-corrected chi connectivity index (χ1v) is 5.24. The Morgan fingerprint density at radius 3 is 2.73 bits per heavy atom. The summed E-state index contributed by atoms with van der Waals surface area (Å²) in [6.45, 7) is 9.38. The highest BCUT2D eigenvalue weighted by atomic mass is 32.1. The second kappa shape index (κ2) is 8.24. The zero-order valence-electron chi connectivity index (χ0n) is 9.43. The van der Waals surface area contributed by atoms with Crippen LogP contribution in [0.2, 0.25) is 0 Å². The van der Waals surface area contributed by atoms with Crippen LogP contribution in [0.3, 0.4) is 0 Å². The third kappa shape index (κ3) is 10.8. The third-order valence-electron chi connectivity index (χ3n) is 1.53. The Balaban J connectivity index is 3.85. The minimum absolute atomic E-state index is 0.276. The van der Waals surface area contributed by atoms with Crippen LogP contribution in [0.4, 0.5) is 0 Å². The van der Waals surface area contributed by atoms with Gasteiger partial charge < -0.3 is 0 Å². The molecule has 0 bridgehead atoms. The smallest absolute Gasteiger partial charge is 0.247 e. The number of hydrogen-bond acceptors (Lipinski definition) is 2. The molecular formula is C12H19N2S+. The molecule has 2 nitrogen and oxygen atoms in total. The number of aliphatic imine (C=N–C) groups is 1. The van der Waals surface area contributed by atoms with Crippen molar-refractivity contribution in [2.45, 2.75) is 19.4 Å². The molecule has 1 atom stereocenters. The van der Waals surface area contributed by atoms with Gasteiger partial charge in [0.1, 0.15) is 6.04 Å². The normalized spacial score (nSPS) is 14.1. The van der Waals surface area contributed by atoms with E-state index in [1.165, 1.54) is 0 Å². The number of nitrogens with zero attached hydrogens (tertiary/aromatic N) is 2. The molecule has 0 radical (unpaired) electrons. The molecule has 0 saturated heterocycles. The van der Waals surface area contributed by atoms with Gasteiger partial charge in [0.25, 0.3) is 6.34 Å². The highest BCUT2D eigenvalue weighted by Gasteiger charge is 1.99. The average Bonchev–Trinajstić information content (AvgIpc) is 2.13. The van der Waals surface area contributed by atoms with Crippen LogP contribution in [-0.4, -0.2) is 30.7 Å². The molecule has 0 saturated carbocycles. The van der Waals surface area contributed by atoms with Crippen LogP contribution in [0.5, 0.6) is 0 Å². The predicted octanol–water partition coefficient (Wildman–Crippen LogP) is 2.69. The first-order chi connectivity index (χ1) is 7.02. The quantitative estimate of drug-likeness (QED) is 0.234. The van der Waals surface area contributed by atoms with E-state index in [-0.39, 0.29) is 6.04 Å². The van der Waals surface area contributed by atoms with E-state index in [1.54, 1.807) is 10.9 Å². The van der Waals surface area contributed by atoms with Gasteiger partial charge >= 0.3 is 0 Å². The van der Waals surface area contributed by atoms with Crippen molar-refractivity contribution < 1.29 is 4.58 Å². The number of hydrogen-bond donors (Lipinski definition) is 1. The fourth-order valence-corrected chi connectivity index (χ4v) is 0.895. The molecule has 0 aliphatic heterocycles. The molecule has 0 rings (SSSR count). The molecule has 0 heterocycles. The van der Waals surface area contributed by atoms with E-state index in [0.29, 0.717) is 0 Å². The minimum Gasteiger partial charge on any atom is -0.247 e. The van der Waals surface area contributed by atoms with Gasteiger partial charge in [-0.25, -0.2) is 4.58 Å². The highest BCUT2D eigenvalue weighted by Crippen LogP contribution is 1.99. The summed E-state index contributed by atoms with van der Waals surface area (Å²) < 4.78 is 1.69. The predicted molar refractivity (Wildman–Crippen MR) is 72.3 cm³/mol. The Labute approximate surface area is 97.8 Å². The fraction of sp³-hybridized carbons (Fsp3) is 0.333. The largest absolute Gasteiger partial charge is 0.279 e. The summed E-state index contributed by atoms with van der Waals surface area (Å²) in [6.07, 6.45) is 10.4. The maximum atomic E-state index is 4.29. The average molecular weight is 223 g/mol. The van der Waals surface area contributed by atoms with Crippen LogP contribution in [-0.2, 0) is 0 Å². The molecular weight excluding hydrogens is 204 g/mol. The molecule has 0 amide bonds. The second-order valence-electron chi connectivity index (χ2n) is 3.38. The van der Waals surface area contributed by atoms with Gasteiger partial charge in [-0.1, -0.05) is 29.8 Å². The van der Waals surface area contributed by atoms with E-state index < -0.39 is 0 Å². The molecule has 0 aliphatic rings. The molecule has 0 aromatic rings. The van der Waals surface area contributed by atoms with Crippen molar-refractivity contribution in [1.29, 1.82) is 0 Å². The van der Waals surface area contributed by atoms with Crippen LogP contribution in [0.15, 0.2) is 40.8 Å². The van der Waals surface area contributed by atoms with Crippen LogP contribution >= 0.6 is 12.6 Å². The highest BCUT2D eigenvalue weighted by molar-refractivity contribution is 7.84.